The third-order valence-electron chi connectivity index (χ3n) is 3.97. The number of benzene rings is 1. The first-order chi connectivity index (χ1) is 10.8. The van der Waals surface area contributed by atoms with E-state index in [0.29, 0.717) is 17.5 Å². The van der Waals surface area contributed by atoms with Gasteiger partial charge in [-0.05, 0) is 70.1 Å². The van der Waals surface area contributed by atoms with Gasteiger partial charge in [-0.15, -0.1) is 0 Å². The molecule has 1 heterocycles. The van der Waals surface area contributed by atoms with E-state index in [9.17, 15) is 4.79 Å². The Morgan fingerprint density at radius 2 is 2.09 bits per heavy atom. The van der Waals surface area contributed by atoms with Crippen molar-refractivity contribution in [3.05, 3.63) is 29.3 Å². The minimum Gasteiger partial charge on any atom is -0.358 e. The van der Waals surface area contributed by atoms with Crippen LogP contribution in [0.25, 0.3) is 0 Å². The number of amides is 1. The van der Waals surface area contributed by atoms with Crippen molar-refractivity contribution in [3.63, 3.8) is 0 Å². The van der Waals surface area contributed by atoms with Gasteiger partial charge in [-0.25, -0.2) is 0 Å². The molecular weight excluding hydrogens is 330 g/mol. The van der Waals surface area contributed by atoms with Gasteiger partial charge in [-0.3, -0.25) is 4.79 Å². The molecule has 126 valence electrons. The van der Waals surface area contributed by atoms with Gasteiger partial charge in [0, 0.05) is 35.3 Å². The quantitative estimate of drug-likeness (QED) is 0.790. The highest BCUT2D eigenvalue weighted by molar-refractivity contribution is 7.80. The topological polar surface area (TPSA) is 44.4 Å². The zero-order valence-corrected chi connectivity index (χ0v) is 15.4. The Labute approximate surface area is 148 Å². The van der Waals surface area contributed by atoms with E-state index in [1.165, 1.54) is 0 Å². The highest BCUT2D eigenvalue weighted by Gasteiger charge is 2.32. The highest BCUT2D eigenvalue weighted by atomic mass is 35.5. The number of hydrogen-bond acceptors (Lipinski definition) is 2. The lowest BCUT2D eigenvalue weighted by Crippen LogP contribution is -2.60. The molecule has 1 saturated heterocycles. The number of anilines is 1. The maximum Gasteiger partial charge on any atom is 0.224 e. The summed E-state index contributed by atoms with van der Waals surface area (Å²) in [6.07, 6.45) is 2.27. The van der Waals surface area contributed by atoms with Crippen LogP contribution in [0.2, 0.25) is 5.02 Å². The molecule has 1 aliphatic heterocycles. The van der Waals surface area contributed by atoms with Crippen molar-refractivity contribution < 1.29 is 4.79 Å². The minimum atomic E-state index is 0.0104. The van der Waals surface area contributed by atoms with Crippen molar-refractivity contribution in [3.8, 4) is 0 Å². The first kappa shape index (κ1) is 18.0. The maximum absolute atomic E-state index is 12.0. The van der Waals surface area contributed by atoms with Crippen LogP contribution >= 0.6 is 23.8 Å². The van der Waals surface area contributed by atoms with Gasteiger partial charge in [-0.1, -0.05) is 11.6 Å². The van der Waals surface area contributed by atoms with Crippen LogP contribution in [0.4, 0.5) is 5.69 Å². The van der Waals surface area contributed by atoms with E-state index in [1.54, 1.807) is 24.3 Å². The maximum atomic E-state index is 12.0. The molecule has 4 nitrogen and oxygen atoms in total. The average Bonchev–Trinajstić information content (AvgIpc) is 2.43. The van der Waals surface area contributed by atoms with Crippen molar-refractivity contribution in [2.45, 2.75) is 51.6 Å². The number of halogens is 1. The van der Waals surface area contributed by atoms with Gasteiger partial charge in [0.1, 0.15) is 0 Å². The molecule has 0 bridgehead atoms. The third kappa shape index (κ3) is 5.36. The molecule has 0 saturated carbocycles. The Bertz CT molecular complexity index is 574. The van der Waals surface area contributed by atoms with Crippen molar-refractivity contribution in [2.24, 2.45) is 0 Å². The largest absolute Gasteiger partial charge is 0.358 e. The van der Waals surface area contributed by atoms with E-state index in [4.69, 9.17) is 23.8 Å². The number of rotatable bonds is 5. The molecule has 2 N–H and O–H groups in total. The molecule has 1 aromatic rings. The molecule has 1 aromatic carbocycles. The van der Waals surface area contributed by atoms with E-state index < -0.39 is 0 Å². The molecule has 6 heteroatoms. The molecule has 0 spiro atoms. The van der Waals surface area contributed by atoms with E-state index in [0.717, 1.165) is 30.2 Å². The first-order valence-corrected chi connectivity index (χ1v) is 8.70. The summed E-state index contributed by atoms with van der Waals surface area (Å²) in [5.74, 6) is 0.0104. The van der Waals surface area contributed by atoms with Crippen LogP contribution in [0.1, 0.15) is 40.0 Å². The smallest absolute Gasteiger partial charge is 0.224 e. The molecule has 0 aromatic heterocycles. The Morgan fingerprint density at radius 1 is 1.43 bits per heavy atom. The second-order valence-corrected chi connectivity index (χ2v) is 7.54. The SMILES string of the molecule is C[C@H]1CC(C)(C)NC(=S)N1CCCC(=O)Nc1ccc(Cl)cc1. The van der Waals surface area contributed by atoms with Crippen molar-refractivity contribution >= 4 is 40.5 Å². The summed E-state index contributed by atoms with van der Waals surface area (Å²) in [6, 6.07) is 7.51. The number of nitrogens with one attached hydrogen (secondary N) is 2. The fraction of sp³-hybridized carbons (Fsp3) is 0.529. The summed E-state index contributed by atoms with van der Waals surface area (Å²) in [5.41, 5.74) is 0.809. The van der Waals surface area contributed by atoms with Gasteiger partial charge >= 0.3 is 0 Å². The van der Waals surface area contributed by atoms with Crippen LogP contribution in [-0.2, 0) is 4.79 Å². The van der Waals surface area contributed by atoms with Crippen molar-refractivity contribution in [2.75, 3.05) is 11.9 Å². The molecule has 0 unspecified atom stereocenters. The molecule has 23 heavy (non-hydrogen) atoms. The van der Waals surface area contributed by atoms with Crippen molar-refractivity contribution in [1.29, 1.82) is 0 Å². The van der Waals surface area contributed by atoms with Gasteiger partial charge < -0.3 is 15.5 Å². The van der Waals surface area contributed by atoms with E-state index in [-0.39, 0.29) is 11.4 Å². The molecule has 2 rings (SSSR count). The van der Waals surface area contributed by atoms with E-state index in [1.807, 2.05) is 0 Å². The molecule has 1 aliphatic rings. The second kappa shape index (κ2) is 7.49. The van der Waals surface area contributed by atoms with Gasteiger partial charge in [0.25, 0.3) is 0 Å². The third-order valence-corrected chi connectivity index (χ3v) is 4.56. The zero-order chi connectivity index (χ0) is 17.0. The van der Waals surface area contributed by atoms with Gasteiger partial charge in [0.15, 0.2) is 5.11 Å². The van der Waals surface area contributed by atoms with Crippen molar-refractivity contribution in [1.82, 2.24) is 10.2 Å². The van der Waals surface area contributed by atoms with Crippen LogP contribution in [0.5, 0.6) is 0 Å². The standard InChI is InChI=1S/C17H24ClN3OS/c1-12-11-17(2,3)20-16(23)21(12)10-4-5-15(22)19-14-8-6-13(18)7-9-14/h6-9,12H,4-5,10-11H2,1-3H3,(H,19,22)(H,20,23)/t12-/m0/s1. The monoisotopic (exact) mass is 353 g/mol. The average molecular weight is 354 g/mol. The Balaban J connectivity index is 1.77. The number of nitrogens with zero attached hydrogens (tertiary/aromatic N) is 1. The van der Waals surface area contributed by atoms with E-state index >= 15 is 0 Å². The predicted molar refractivity (Wildman–Crippen MR) is 99.9 cm³/mol. The summed E-state index contributed by atoms with van der Waals surface area (Å²) in [4.78, 5) is 14.2. The Morgan fingerprint density at radius 3 is 2.70 bits per heavy atom. The lowest BCUT2D eigenvalue weighted by Gasteiger charge is -2.44. The molecular formula is C17H24ClN3OS. The molecule has 1 fully saturated rings. The van der Waals surface area contributed by atoms with Crippen LogP contribution in [-0.4, -0.2) is 34.0 Å². The lowest BCUT2D eigenvalue weighted by molar-refractivity contribution is -0.116. The number of carbonyl (C=O) groups is 1. The van der Waals surface area contributed by atoms with E-state index in [2.05, 4.69) is 36.3 Å². The Hall–Kier alpha value is -1.33. The van der Waals surface area contributed by atoms with Crippen LogP contribution in [0.3, 0.4) is 0 Å². The second-order valence-electron chi connectivity index (χ2n) is 6.72. The first-order valence-electron chi connectivity index (χ1n) is 7.91. The van der Waals surface area contributed by atoms with Crippen LogP contribution in [0.15, 0.2) is 24.3 Å². The summed E-state index contributed by atoms with van der Waals surface area (Å²) < 4.78 is 0. The molecule has 0 aliphatic carbocycles. The normalized spacial score (nSPS) is 20.1. The summed E-state index contributed by atoms with van der Waals surface area (Å²) in [7, 11) is 0. The van der Waals surface area contributed by atoms with Gasteiger partial charge in [0.2, 0.25) is 5.91 Å². The number of thiocarbonyl (C=S) groups is 1. The molecule has 1 amide bonds. The molecule has 0 radical (unpaired) electrons. The number of carbonyl (C=O) groups excluding carboxylic acids is 1. The summed E-state index contributed by atoms with van der Waals surface area (Å²) >= 11 is 11.3. The van der Waals surface area contributed by atoms with Crippen LogP contribution < -0.4 is 10.6 Å². The van der Waals surface area contributed by atoms with Crippen LogP contribution in [0, 0.1) is 0 Å². The zero-order valence-electron chi connectivity index (χ0n) is 13.9. The predicted octanol–water partition coefficient (Wildman–Crippen LogP) is 3.81. The fourth-order valence-electron chi connectivity index (χ4n) is 2.95. The van der Waals surface area contributed by atoms with Gasteiger partial charge in [0.05, 0.1) is 0 Å². The minimum absolute atomic E-state index is 0.0104. The fourth-order valence-corrected chi connectivity index (χ4v) is 3.62. The summed E-state index contributed by atoms with van der Waals surface area (Å²) in [5, 5.41) is 7.68. The molecule has 1 atom stereocenters. The summed E-state index contributed by atoms with van der Waals surface area (Å²) in [6.45, 7) is 7.29. The number of hydrogen-bond donors (Lipinski definition) is 2. The Kier molecular flexibility index (Phi) is 5.87. The lowest BCUT2D eigenvalue weighted by atomic mass is 9.93. The van der Waals surface area contributed by atoms with Gasteiger partial charge in [-0.2, -0.15) is 0 Å². The highest BCUT2D eigenvalue weighted by Crippen LogP contribution is 2.22.